The fraction of sp³-hybridized carbons (Fsp3) is 0.500. The molecule has 25 heavy (non-hydrogen) atoms. The van der Waals surface area contributed by atoms with Crippen molar-refractivity contribution in [3.63, 3.8) is 0 Å². The summed E-state index contributed by atoms with van der Waals surface area (Å²) in [5, 5.41) is 14.8. The number of hydrogen-bond acceptors (Lipinski definition) is 3. The maximum Gasteiger partial charge on any atom is 0.226 e. The number of piperidine rings is 1. The molecule has 1 aliphatic carbocycles. The first-order chi connectivity index (χ1) is 12.1. The smallest absolute Gasteiger partial charge is 0.226 e. The van der Waals surface area contributed by atoms with Crippen LogP contribution in [0.4, 0.5) is 0 Å². The van der Waals surface area contributed by atoms with Gasteiger partial charge in [-0.25, -0.2) is 0 Å². The number of carbonyl (C=O) groups excluding carboxylic acids is 1. The molecule has 2 heterocycles. The number of benzene rings is 1. The van der Waals surface area contributed by atoms with E-state index >= 15 is 0 Å². The molecule has 0 bridgehead atoms. The van der Waals surface area contributed by atoms with Gasteiger partial charge in [-0.3, -0.25) is 9.48 Å². The number of aliphatic hydroxyl groups excluding tert-OH is 1. The van der Waals surface area contributed by atoms with Crippen molar-refractivity contribution in [1.82, 2.24) is 14.7 Å². The number of likely N-dealkylation sites (tertiary alicyclic amines) is 1. The van der Waals surface area contributed by atoms with Crippen LogP contribution in [0.3, 0.4) is 0 Å². The van der Waals surface area contributed by atoms with E-state index in [2.05, 4.69) is 5.10 Å². The van der Waals surface area contributed by atoms with E-state index in [4.69, 9.17) is 0 Å². The van der Waals surface area contributed by atoms with Gasteiger partial charge in [0.15, 0.2) is 0 Å². The van der Waals surface area contributed by atoms with Gasteiger partial charge in [0.05, 0.1) is 12.3 Å². The fourth-order valence-electron chi connectivity index (χ4n) is 4.06. The van der Waals surface area contributed by atoms with Gasteiger partial charge >= 0.3 is 0 Å². The molecule has 1 aromatic heterocycles. The largest absolute Gasteiger partial charge is 0.388 e. The predicted octanol–water partition coefficient (Wildman–Crippen LogP) is 2.50. The standard InChI is InChI=1S/C20H25N3O2/c1-22-13-16(12-21-22)17-11-18(17)20(25)23-9-7-15(8-10-23)19(24)14-5-3-2-4-6-14/h2-6,12-13,15,17-19,24H,7-11H2,1H3/t17-,18+,19-/m0/s1. The van der Waals surface area contributed by atoms with Crippen LogP contribution in [0, 0.1) is 11.8 Å². The predicted molar refractivity (Wildman–Crippen MR) is 94.8 cm³/mol. The molecule has 132 valence electrons. The molecule has 2 aromatic rings. The third-order valence-corrected chi connectivity index (χ3v) is 5.70. The zero-order valence-corrected chi connectivity index (χ0v) is 14.6. The minimum absolute atomic E-state index is 0.125. The molecule has 1 aliphatic heterocycles. The third-order valence-electron chi connectivity index (χ3n) is 5.70. The van der Waals surface area contributed by atoms with E-state index in [9.17, 15) is 9.90 Å². The van der Waals surface area contributed by atoms with Crippen LogP contribution in [0.25, 0.3) is 0 Å². The van der Waals surface area contributed by atoms with Gasteiger partial charge in [0.2, 0.25) is 5.91 Å². The van der Waals surface area contributed by atoms with Gasteiger partial charge in [0, 0.05) is 32.3 Å². The van der Waals surface area contributed by atoms with E-state index in [1.807, 2.05) is 54.7 Å². The quantitative estimate of drug-likeness (QED) is 0.931. The van der Waals surface area contributed by atoms with Gasteiger partial charge in [-0.05, 0) is 42.2 Å². The first kappa shape index (κ1) is 16.3. The molecular formula is C20H25N3O2. The summed E-state index contributed by atoms with van der Waals surface area (Å²) in [6.45, 7) is 1.51. The van der Waals surface area contributed by atoms with Crippen molar-refractivity contribution in [3.05, 3.63) is 53.9 Å². The Bertz CT molecular complexity index is 734. The summed E-state index contributed by atoms with van der Waals surface area (Å²) >= 11 is 0. The van der Waals surface area contributed by atoms with Gasteiger partial charge in [0.25, 0.3) is 0 Å². The van der Waals surface area contributed by atoms with Crippen molar-refractivity contribution in [2.75, 3.05) is 13.1 Å². The molecule has 3 atom stereocenters. The van der Waals surface area contributed by atoms with E-state index in [1.54, 1.807) is 4.68 Å². The first-order valence-electron chi connectivity index (χ1n) is 9.14. The van der Waals surface area contributed by atoms with E-state index < -0.39 is 6.10 Å². The van der Waals surface area contributed by atoms with E-state index in [0.717, 1.165) is 37.9 Å². The van der Waals surface area contributed by atoms with Crippen molar-refractivity contribution in [3.8, 4) is 0 Å². The lowest BCUT2D eigenvalue weighted by Crippen LogP contribution is -2.40. The zero-order chi connectivity index (χ0) is 17.4. The van der Waals surface area contributed by atoms with Crippen LogP contribution in [0.1, 0.15) is 42.4 Å². The number of hydrogen-bond donors (Lipinski definition) is 1. The summed E-state index contributed by atoms with van der Waals surface area (Å²) in [5.41, 5.74) is 2.15. The summed E-state index contributed by atoms with van der Waals surface area (Å²) in [4.78, 5) is 14.7. The van der Waals surface area contributed by atoms with Crippen molar-refractivity contribution >= 4 is 5.91 Å². The number of carbonyl (C=O) groups is 1. The molecule has 1 N–H and O–H groups in total. The minimum Gasteiger partial charge on any atom is -0.388 e. The number of aryl methyl sites for hydroxylation is 1. The van der Waals surface area contributed by atoms with Crippen molar-refractivity contribution in [2.45, 2.75) is 31.3 Å². The Kier molecular flexibility index (Phi) is 4.34. The normalized spacial score (nSPS) is 25.0. The van der Waals surface area contributed by atoms with Crippen LogP contribution >= 0.6 is 0 Å². The summed E-state index contributed by atoms with van der Waals surface area (Å²) < 4.78 is 1.80. The summed E-state index contributed by atoms with van der Waals surface area (Å²) in [6.07, 6.45) is 6.14. The Morgan fingerprint density at radius 2 is 1.96 bits per heavy atom. The van der Waals surface area contributed by atoms with Crippen LogP contribution in [-0.4, -0.2) is 38.8 Å². The average Bonchev–Trinajstić information content (AvgIpc) is 3.35. The monoisotopic (exact) mass is 339 g/mol. The molecule has 0 unspecified atom stereocenters. The minimum atomic E-state index is -0.428. The first-order valence-corrected chi connectivity index (χ1v) is 9.14. The molecule has 5 nitrogen and oxygen atoms in total. The van der Waals surface area contributed by atoms with Gasteiger partial charge in [-0.15, -0.1) is 0 Å². The summed E-state index contributed by atoms with van der Waals surface area (Å²) in [5.74, 6) is 0.981. The number of nitrogens with zero attached hydrogens (tertiary/aromatic N) is 3. The molecular weight excluding hydrogens is 314 g/mol. The highest BCUT2D eigenvalue weighted by molar-refractivity contribution is 5.83. The van der Waals surface area contributed by atoms with Gasteiger partial charge in [-0.2, -0.15) is 5.10 Å². The topological polar surface area (TPSA) is 58.4 Å². The average molecular weight is 339 g/mol. The number of aromatic nitrogens is 2. The van der Waals surface area contributed by atoms with E-state index in [0.29, 0.717) is 5.92 Å². The molecule has 4 rings (SSSR count). The van der Waals surface area contributed by atoms with E-state index in [-0.39, 0.29) is 17.7 Å². The Morgan fingerprint density at radius 1 is 1.24 bits per heavy atom. The lowest BCUT2D eigenvalue weighted by Gasteiger charge is -2.34. The SMILES string of the molecule is Cn1cc([C@@H]2C[C@H]2C(=O)N2CCC([C@@H](O)c3ccccc3)CC2)cn1. The Labute approximate surface area is 148 Å². The van der Waals surface area contributed by atoms with Crippen LogP contribution in [0.2, 0.25) is 0 Å². The molecule has 2 aliphatic rings. The molecule has 0 radical (unpaired) electrons. The van der Waals surface area contributed by atoms with Crippen LogP contribution < -0.4 is 0 Å². The van der Waals surface area contributed by atoms with Gasteiger partial charge < -0.3 is 10.0 Å². The number of rotatable bonds is 4. The molecule has 2 fully saturated rings. The van der Waals surface area contributed by atoms with Gasteiger partial charge in [0.1, 0.15) is 0 Å². The Balaban J connectivity index is 1.31. The van der Waals surface area contributed by atoms with Crippen molar-refractivity contribution < 1.29 is 9.90 Å². The highest BCUT2D eigenvalue weighted by atomic mass is 16.3. The molecule has 0 spiro atoms. The van der Waals surface area contributed by atoms with Crippen molar-refractivity contribution in [1.29, 1.82) is 0 Å². The molecule has 1 amide bonds. The maximum atomic E-state index is 12.7. The third kappa shape index (κ3) is 3.33. The zero-order valence-electron chi connectivity index (χ0n) is 14.6. The maximum absolute atomic E-state index is 12.7. The van der Waals surface area contributed by atoms with Gasteiger partial charge in [-0.1, -0.05) is 30.3 Å². The van der Waals surface area contributed by atoms with Crippen molar-refractivity contribution in [2.24, 2.45) is 18.9 Å². The van der Waals surface area contributed by atoms with E-state index in [1.165, 1.54) is 5.56 Å². The fourth-order valence-corrected chi connectivity index (χ4v) is 4.06. The van der Waals surface area contributed by atoms with Crippen LogP contribution in [-0.2, 0) is 11.8 Å². The second-order valence-electron chi connectivity index (χ2n) is 7.41. The summed E-state index contributed by atoms with van der Waals surface area (Å²) in [6, 6.07) is 9.84. The highest BCUT2D eigenvalue weighted by Gasteiger charge is 2.46. The van der Waals surface area contributed by atoms with Crippen LogP contribution in [0.15, 0.2) is 42.7 Å². The molecule has 1 saturated heterocycles. The second kappa shape index (κ2) is 6.64. The molecule has 1 aromatic carbocycles. The molecule has 5 heteroatoms. The number of amides is 1. The lowest BCUT2D eigenvalue weighted by molar-refractivity contribution is -0.134. The second-order valence-corrected chi connectivity index (χ2v) is 7.41. The molecule has 1 saturated carbocycles. The lowest BCUT2D eigenvalue weighted by atomic mass is 9.87. The Morgan fingerprint density at radius 3 is 2.60 bits per heavy atom. The Hall–Kier alpha value is -2.14. The van der Waals surface area contributed by atoms with Crippen LogP contribution in [0.5, 0.6) is 0 Å². The highest BCUT2D eigenvalue weighted by Crippen LogP contribution is 2.48. The number of aliphatic hydroxyl groups is 1. The summed E-state index contributed by atoms with van der Waals surface area (Å²) in [7, 11) is 1.91.